The molecule has 0 aliphatic carbocycles. The number of carbonyl (C=O) groups excluding carboxylic acids is 1. The summed E-state index contributed by atoms with van der Waals surface area (Å²) in [7, 11) is 0. The predicted octanol–water partition coefficient (Wildman–Crippen LogP) is 3.02. The van der Waals surface area contributed by atoms with Crippen LogP contribution in [0.1, 0.15) is 43.4 Å². The van der Waals surface area contributed by atoms with Crippen molar-refractivity contribution < 1.29 is 18.0 Å². The molecule has 2 atom stereocenters. The fraction of sp³-hybridized carbons (Fsp3) is 0.533. The van der Waals surface area contributed by atoms with Crippen molar-refractivity contribution in [2.45, 2.75) is 44.4 Å². The maximum absolute atomic E-state index is 12.7. The van der Waals surface area contributed by atoms with Gasteiger partial charge in [-0.05, 0) is 44.0 Å². The predicted molar refractivity (Wildman–Crippen MR) is 73.6 cm³/mol. The number of carbonyl (C=O) groups is 1. The molecule has 1 aromatic rings. The lowest BCUT2D eigenvalue weighted by atomic mass is 10.0. The van der Waals surface area contributed by atoms with Gasteiger partial charge in [0.25, 0.3) is 0 Å². The van der Waals surface area contributed by atoms with Gasteiger partial charge < -0.3 is 10.6 Å². The summed E-state index contributed by atoms with van der Waals surface area (Å²) in [5.74, 6) is -0.153. The number of piperidine rings is 1. The van der Waals surface area contributed by atoms with Crippen molar-refractivity contribution in [1.29, 1.82) is 0 Å². The molecule has 1 unspecified atom stereocenters. The molecule has 1 fully saturated rings. The monoisotopic (exact) mass is 300 g/mol. The Hall–Kier alpha value is -1.56. The van der Waals surface area contributed by atoms with Gasteiger partial charge in [0.1, 0.15) is 0 Å². The Bertz CT molecular complexity index is 496. The third kappa shape index (κ3) is 4.20. The van der Waals surface area contributed by atoms with E-state index in [0.29, 0.717) is 5.56 Å². The summed E-state index contributed by atoms with van der Waals surface area (Å²) >= 11 is 0. The molecule has 0 radical (unpaired) electrons. The molecular formula is C15H19F3N2O. The number of rotatable bonds is 3. The number of benzene rings is 1. The third-order valence-electron chi connectivity index (χ3n) is 3.70. The highest BCUT2D eigenvalue weighted by Gasteiger charge is 2.31. The summed E-state index contributed by atoms with van der Waals surface area (Å²) < 4.78 is 38.1. The molecule has 1 aliphatic rings. The van der Waals surface area contributed by atoms with Crippen molar-refractivity contribution in [2.24, 2.45) is 0 Å². The molecule has 0 bridgehead atoms. The second-order valence-electron chi connectivity index (χ2n) is 5.36. The summed E-state index contributed by atoms with van der Waals surface area (Å²) in [4.78, 5) is 12.1. The standard InChI is InChI=1S/C15H19F3N2O/c1-10(20-14(21)13-7-2-3-8-19-13)11-5-4-6-12(9-11)15(16,17)18/h4-6,9-10,13,19H,2-3,7-8H2,1H3,(H,20,21)/t10?,13-/m0/s1. The van der Waals surface area contributed by atoms with Crippen LogP contribution in [0.3, 0.4) is 0 Å². The van der Waals surface area contributed by atoms with Gasteiger partial charge in [0.05, 0.1) is 17.6 Å². The summed E-state index contributed by atoms with van der Waals surface area (Å²) in [6.45, 7) is 2.49. The highest BCUT2D eigenvalue weighted by atomic mass is 19.4. The largest absolute Gasteiger partial charge is 0.416 e. The molecule has 6 heteroatoms. The van der Waals surface area contributed by atoms with E-state index in [1.807, 2.05) is 0 Å². The zero-order chi connectivity index (χ0) is 15.5. The van der Waals surface area contributed by atoms with Crippen LogP contribution in [-0.2, 0) is 11.0 Å². The van der Waals surface area contributed by atoms with Crippen LogP contribution in [0.4, 0.5) is 13.2 Å². The van der Waals surface area contributed by atoms with Crippen molar-refractivity contribution in [3.63, 3.8) is 0 Å². The van der Waals surface area contributed by atoms with E-state index in [1.54, 1.807) is 13.0 Å². The lowest BCUT2D eigenvalue weighted by molar-refractivity contribution is -0.137. The van der Waals surface area contributed by atoms with Crippen LogP contribution >= 0.6 is 0 Å². The molecule has 2 N–H and O–H groups in total. The van der Waals surface area contributed by atoms with Crippen molar-refractivity contribution in [3.05, 3.63) is 35.4 Å². The maximum Gasteiger partial charge on any atom is 0.416 e. The van der Waals surface area contributed by atoms with Crippen LogP contribution in [0.15, 0.2) is 24.3 Å². The van der Waals surface area contributed by atoms with Gasteiger partial charge in [-0.3, -0.25) is 4.79 Å². The van der Waals surface area contributed by atoms with Crippen molar-refractivity contribution in [2.75, 3.05) is 6.54 Å². The van der Waals surface area contributed by atoms with Crippen LogP contribution in [0.5, 0.6) is 0 Å². The highest BCUT2D eigenvalue weighted by Crippen LogP contribution is 2.30. The first-order chi connectivity index (χ1) is 9.88. The number of alkyl halides is 3. The lowest BCUT2D eigenvalue weighted by Crippen LogP contribution is -2.47. The van der Waals surface area contributed by atoms with E-state index in [1.165, 1.54) is 6.07 Å². The van der Waals surface area contributed by atoms with Gasteiger partial charge in [-0.2, -0.15) is 13.2 Å². The maximum atomic E-state index is 12.7. The highest BCUT2D eigenvalue weighted by molar-refractivity contribution is 5.82. The molecule has 1 amide bonds. The molecule has 1 heterocycles. The summed E-state index contributed by atoms with van der Waals surface area (Å²) in [5.41, 5.74) is -0.245. The zero-order valence-electron chi connectivity index (χ0n) is 11.8. The van der Waals surface area contributed by atoms with E-state index >= 15 is 0 Å². The van der Waals surface area contributed by atoms with E-state index in [-0.39, 0.29) is 11.9 Å². The van der Waals surface area contributed by atoms with Gasteiger partial charge in [-0.25, -0.2) is 0 Å². The first kappa shape index (κ1) is 15.8. The van der Waals surface area contributed by atoms with Gasteiger partial charge in [0.2, 0.25) is 5.91 Å². The molecular weight excluding hydrogens is 281 g/mol. The Balaban J connectivity index is 2.02. The van der Waals surface area contributed by atoms with Gasteiger partial charge >= 0.3 is 6.18 Å². The molecule has 3 nitrogen and oxygen atoms in total. The Labute approximate surface area is 121 Å². The van der Waals surface area contributed by atoms with E-state index in [9.17, 15) is 18.0 Å². The van der Waals surface area contributed by atoms with Crippen LogP contribution in [0, 0.1) is 0 Å². The van der Waals surface area contributed by atoms with Crippen LogP contribution < -0.4 is 10.6 Å². The molecule has 116 valence electrons. The summed E-state index contributed by atoms with van der Waals surface area (Å²) in [5, 5.41) is 5.90. The lowest BCUT2D eigenvalue weighted by Gasteiger charge is -2.25. The first-order valence-corrected chi connectivity index (χ1v) is 7.09. The molecule has 1 saturated heterocycles. The van der Waals surface area contributed by atoms with Crippen molar-refractivity contribution >= 4 is 5.91 Å². The summed E-state index contributed by atoms with van der Waals surface area (Å²) in [6, 6.07) is 4.37. The Kier molecular flexibility index (Phi) is 4.88. The number of amides is 1. The molecule has 1 aromatic carbocycles. The second kappa shape index (κ2) is 6.47. The van der Waals surface area contributed by atoms with Gasteiger partial charge in [0.15, 0.2) is 0 Å². The molecule has 0 saturated carbocycles. The fourth-order valence-electron chi connectivity index (χ4n) is 2.46. The van der Waals surface area contributed by atoms with E-state index in [0.717, 1.165) is 37.9 Å². The number of hydrogen-bond acceptors (Lipinski definition) is 2. The molecule has 0 aromatic heterocycles. The Morgan fingerprint density at radius 3 is 2.76 bits per heavy atom. The number of nitrogens with one attached hydrogen (secondary N) is 2. The van der Waals surface area contributed by atoms with Crippen LogP contribution in [0.25, 0.3) is 0 Å². The SMILES string of the molecule is CC(NC(=O)[C@@H]1CCCCN1)c1cccc(C(F)(F)F)c1. The molecule has 21 heavy (non-hydrogen) atoms. The quantitative estimate of drug-likeness (QED) is 0.901. The van der Waals surface area contributed by atoms with Crippen molar-refractivity contribution in [1.82, 2.24) is 10.6 Å². The molecule has 1 aliphatic heterocycles. The topological polar surface area (TPSA) is 41.1 Å². The van der Waals surface area contributed by atoms with E-state index in [4.69, 9.17) is 0 Å². The van der Waals surface area contributed by atoms with Crippen molar-refractivity contribution in [3.8, 4) is 0 Å². The zero-order valence-corrected chi connectivity index (χ0v) is 11.8. The first-order valence-electron chi connectivity index (χ1n) is 7.09. The Morgan fingerprint density at radius 2 is 2.14 bits per heavy atom. The summed E-state index contributed by atoms with van der Waals surface area (Å²) in [6.07, 6.45) is -1.57. The minimum absolute atomic E-state index is 0.153. The van der Waals surface area contributed by atoms with Crippen LogP contribution in [-0.4, -0.2) is 18.5 Å². The third-order valence-corrected chi connectivity index (χ3v) is 3.70. The molecule has 0 spiro atoms. The smallest absolute Gasteiger partial charge is 0.348 e. The number of hydrogen-bond donors (Lipinski definition) is 2. The van der Waals surface area contributed by atoms with Gasteiger partial charge in [0, 0.05) is 0 Å². The minimum atomic E-state index is -4.37. The average Bonchev–Trinajstić information content (AvgIpc) is 2.47. The average molecular weight is 300 g/mol. The van der Waals surface area contributed by atoms with Gasteiger partial charge in [-0.1, -0.05) is 18.6 Å². The minimum Gasteiger partial charge on any atom is -0.348 e. The number of halogens is 3. The Morgan fingerprint density at radius 1 is 1.38 bits per heavy atom. The normalized spacial score (nSPS) is 20.9. The molecule has 2 rings (SSSR count). The van der Waals surface area contributed by atoms with Gasteiger partial charge in [-0.15, -0.1) is 0 Å². The van der Waals surface area contributed by atoms with Crippen LogP contribution in [0.2, 0.25) is 0 Å². The van der Waals surface area contributed by atoms with E-state index < -0.39 is 17.8 Å². The fourth-order valence-corrected chi connectivity index (χ4v) is 2.46. The van der Waals surface area contributed by atoms with E-state index in [2.05, 4.69) is 10.6 Å². The second-order valence-corrected chi connectivity index (χ2v) is 5.36.